The van der Waals surface area contributed by atoms with Gasteiger partial charge in [-0.05, 0) is 36.8 Å². The summed E-state index contributed by atoms with van der Waals surface area (Å²) in [6, 6.07) is 15.3. The smallest absolute Gasteiger partial charge is 0.254 e. The van der Waals surface area contributed by atoms with E-state index in [1.54, 1.807) is 16.6 Å². The molecule has 4 aromatic rings. The normalized spacial score (nSPS) is 14.4. The summed E-state index contributed by atoms with van der Waals surface area (Å²) in [5, 5.41) is 4.65. The van der Waals surface area contributed by atoms with Crippen LogP contribution in [0.4, 0.5) is 20.3 Å². The zero-order chi connectivity index (χ0) is 21.4. The van der Waals surface area contributed by atoms with Crippen molar-refractivity contribution >= 4 is 17.3 Å². The molecule has 1 aliphatic rings. The van der Waals surface area contributed by atoms with E-state index in [1.807, 2.05) is 31.2 Å². The van der Waals surface area contributed by atoms with E-state index in [9.17, 15) is 8.78 Å². The van der Waals surface area contributed by atoms with Crippen LogP contribution in [0.25, 0.3) is 5.78 Å². The van der Waals surface area contributed by atoms with E-state index in [-0.39, 0.29) is 11.6 Å². The Morgan fingerprint density at radius 2 is 1.65 bits per heavy atom. The molecule has 0 amide bonds. The highest BCUT2D eigenvalue weighted by atomic mass is 19.1. The first-order valence-corrected chi connectivity index (χ1v) is 10.3. The maximum absolute atomic E-state index is 14.2. The molecule has 6 nitrogen and oxygen atoms in total. The van der Waals surface area contributed by atoms with E-state index < -0.39 is 0 Å². The minimum absolute atomic E-state index is 0.198. The molecule has 0 saturated carbocycles. The maximum Gasteiger partial charge on any atom is 0.254 e. The van der Waals surface area contributed by atoms with Gasteiger partial charge in [0.2, 0.25) is 0 Å². The molecule has 1 aliphatic heterocycles. The fourth-order valence-electron chi connectivity index (χ4n) is 4.02. The molecule has 0 bridgehead atoms. The highest BCUT2D eigenvalue weighted by Gasteiger charge is 2.22. The minimum Gasteiger partial charge on any atom is -0.366 e. The van der Waals surface area contributed by atoms with Gasteiger partial charge in [0.15, 0.2) is 5.82 Å². The number of para-hydroxylation sites is 1. The number of benzene rings is 2. The molecule has 0 unspecified atom stereocenters. The number of hydrogen-bond donors (Lipinski definition) is 0. The van der Waals surface area contributed by atoms with Crippen LogP contribution < -0.4 is 9.80 Å². The van der Waals surface area contributed by atoms with Gasteiger partial charge in [-0.1, -0.05) is 24.3 Å². The number of anilines is 2. The van der Waals surface area contributed by atoms with Crippen LogP contribution in [0, 0.1) is 18.6 Å². The van der Waals surface area contributed by atoms with Gasteiger partial charge >= 0.3 is 0 Å². The summed E-state index contributed by atoms with van der Waals surface area (Å²) in [5.41, 5.74) is 2.30. The van der Waals surface area contributed by atoms with Crippen LogP contribution in [0.15, 0.2) is 54.6 Å². The van der Waals surface area contributed by atoms with Crippen molar-refractivity contribution in [1.82, 2.24) is 19.6 Å². The lowest BCUT2D eigenvalue weighted by molar-refractivity contribution is 0.593. The summed E-state index contributed by atoms with van der Waals surface area (Å²) in [6.45, 7) is 4.79. The third kappa shape index (κ3) is 3.93. The molecule has 0 aliphatic carbocycles. The van der Waals surface area contributed by atoms with E-state index in [2.05, 4.69) is 24.9 Å². The van der Waals surface area contributed by atoms with Gasteiger partial charge in [0.25, 0.3) is 5.78 Å². The SMILES string of the molecule is Cc1cc(N2CCN(c3ccccc3F)CC2)n2nc(Cc3cccc(F)c3)nc2n1. The first kappa shape index (κ1) is 19.4. The quantitative estimate of drug-likeness (QED) is 0.505. The summed E-state index contributed by atoms with van der Waals surface area (Å²) in [4.78, 5) is 13.4. The molecule has 31 heavy (non-hydrogen) atoms. The van der Waals surface area contributed by atoms with Gasteiger partial charge in [-0.3, -0.25) is 0 Å². The number of halogens is 2. The molecule has 1 fully saturated rings. The fraction of sp³-hybridized carbons (Fsp3) is 0.261. The number of aryl methyl sites for hydroxylation is 1. The van der Waals surface area contributed by atoms with E-state index in [0.29, 0.717) is 36.8 Å². The van der Waals surface area contributed by atoms with Crippen LogP contribution >= 0.6 is 0 Å². The molecule has 1 saturated heterocycles. The largest absolute Gasteiger partial charge is 0.366 e. The van der Waals surface area contributed by atoms with Crippen LogP contribution in [0.3, 0.4) is 0 Å². The summed E-state index contributed by atoms with van der Waals surface area (Å²) in [6.07, 6.45) is 0.431. The molecule has 3 heterocycles. The Bertz CT molecular complexity index is 1230. The fourth-order valence-corrected chi connectivity index (χ4v) is 4.02. The van der Waals surface area contributed by atoms with Crippen LogP contribution in [-0.2, 0) is 6.42 Å². The Morgan fingerprint density at radius 1 is 0.871 bits per heavy atom. The second kappa shape index (κ2) is 7.94. The van der Waals surface area contributed by atoms with Crippen molar-refractivity contribution in [2.75, 3.05) is 36.0 Å². The summed E-state index contributed by atoms with van der Waals surface area (Å²) >= 11 is 0. The minimum atomic E-state index is -0.274. The van der Waals surface area contributed by atoms with Crippen LogP contribution in [0.1, 0.15) is 17.1 Å². The number of piperazine rings is 1. The molecular formula is C23H22F2N6. The highest BCUT2D eigenvalue weighted by molar-refractivity contribution is 5.52. The first-order chi connectivity index (χ1) is 15.1. The number of hydrogen-bond acceptors (Lipinski definition) is 5. The Hall–Kier alpha value is -3.55. The number of aromatic nitrogens is 4. The third-order valence-electron chi connectivity index (χ3n) is 5.51. The Labute approximate surface area is 178 Å². The van der Waals surface area contributed by atoms with E-state index in [4.69, 9.17) is 0 Å². The number of nitrogens with zero attached hydrogens (tertiary/aromatic N) is 6. The maximum atomic E-state index is 14.2. The molecule has 2 aromatic heterocycles. The molecule has 0 spiro atoms. The highest BCUT2D eigenvalue weighted by Crippen LogP contribution is 2.24. The predicted molar refractivity (Wildman–Crippen MR) is 116 cm³/mol. The van der Waals surface area contributed by atoms with Crippen molar-refractivity contribution < 1.29 is 8.78 Å². The van der Waals surface area contributed by atoms with Crippen LogP contribution in [-0.4, -0.2) is 45.8 Å². The molecular weight excluding hydrogens is 398 g/mol. The van der Waals surface area contributed by atoms with Crippen LogP contribution in [0.5, 0.6) is 0 Å². The molecule has 8 heteroatoms. The zero-order valence-corrected chi connectivity index (χ0v) is 17.2. The van der Waals surface area contributed by atoms with Crippen molar-refractivity contribution in [3.8, 4) is 0 Å². The van der Waals surface area contributed by atoms with Gasteiger partial charge in [-0.2, -0.15) is 9.50 Å². The first-order valence-electron chi connectivity index (χ1n) is 10.3. The lowest BCUT2D eigenvalue weighted by Crippen LogP contribution is -2.47. The average Bonchev–Trinajstić information content (AvgIpc) is 3.15. The molecule has 158 valence electrons. The number of fused-ring (bicyclic) bond motifs is 1. The molecule has 2 aromatic carbocycles. The van der Waals surface area contributed by atoms with Crippen molar-refractivity contribution in [1.29, 1.82) is 0 Å². The van der Waals surface area contributed by atoms with Gasteiger partial charge in [0, 0.05) is 44.4 Å². The van der Waals surface area contributed by atoms with Gasteiger partial charge in [0.1, 0.15) is 17.5 Å². The summed E-state index contributed by atoms with van der Waals surface area (Å²) in [5.74, 6) is 1.56. The Balaban J connectivity index is 1.40. The van der Waals surface area contributed by atoms with Crippen molar-refractivity contribution in [3.05, 3.63) is 83.3 Å². The lowest BCUT2D eigenvalue weighted by Gasteiger charge is -2.37. The molecule has 0 N–H and O–H groups in total. The van der Waals surface area contributed by atoms with Crippen molar-refractivity contribution in [2.45, 2.75) is 13.3 Å². The lowest BCUT2D eigenvalue weighted by atomic mass is 10.1. The molecule has 5 rings (SSSR count). The zero-order valence-electron chi connectivity index (χ0n) is 17.2. The van der Waals surface area contributed by atoms with Gasteiger partial charge in [0.05, 0.1) is 5.69 Å². The van der Waals surface area contributed by atoms with Gasteiger partial charge in [-0.25, -0.2) is 13.8 Å². The average molecular weight is 420 g/mol. The predicted octanol–water partition coefficient (Wildman–Crippen LogP) is 3.63. The second-order valence-electron chi connectivity index (χ2n) is 7.73. The van der Waals surface area contributed by atoms with Crippen LogP contribution in [0.2, 0.25) is 0 Å². The Morgan fingerprint density at radius 3 is 2.42 bits per heavy atom. The van der Waals surface area contributed by atoms with Gasteiger partial charge in [-0.15, -0.1) is 5.10 Å². The summed E-state index contributed by atoms with van der Waals surface area (Å²) in [7, 11) is 0. The Kier molecular flexibility index (Phi) is 4.97. The van der Waals surface area contributed by atoms with E-state index >= 15 is 0 Å². The number of rotatable bonds is 4. The third-order valence-corrected chi connectivity index (χ3v) is 5.51. The standard InChI is InChI=1S/C23H22F2N6/c1-16-13-22(30-11-9-29(10-12-30)20-8-3-2-7-19(20)25)31-23(26-16)27-21(28-31)15-17-5-4-6-18(24)14-17/h2-8,13-14H,9-12,15H2,1H3. The molecule has 0 atom stereocenters. The van der Waals surface area contributed by atoms with E-state index in [0.717, 1.165) is 30.2 Å². The monoisotopic (exact) mass is 420 g/mol. The van der Waals surface area contributed by atoms with Gasteiger partial charge < -0.3 is 9.80 Å². The van der Waals surface area contributed by atoms with Crippen molar-refractivity contribution in [2.24, 2.45) is 0 Å². The van der Waals surface area contributed by atoms with E-state index in [1.165, 1.54) is 18.2 Å². The van der Waals surface area contributed by atoms with Crippen molar-refractivity contribution in [3.63, 3.8) is 0 Å². The second-order valence-corrected chi connectivity index (χ2v) is 7.73. The molecule has 0 radical (unpaired) electrons. The topological polar surface area (TPSA) is 49.6 Å². The summed E-state index contributed by atoms with van der Waals surface area (Å²) < 4.78 is 29.4.